The average Bonchev–Trinajstić information content (AvgIpc) is 3.76. The molecule has 0 aliphatic heterocycles. The lowest BCUT2D eigenvalue weighted by atomic mass is 10.2. The van der Waals surface area contributed by atoms with Gasteiger partial charge >= 0.3 is 0 Å². The van der Waals surface area contributed by atoms with E-state index in [4.69, 9.17) is 36.8 Å². The van der Waals surface area contributed by atoms with Gasteiger partial charge in [0, 0.05) is 0 Å². The van der Waals surface area contributed by atoms with Crippen molar-refractivity contribution in [2.45, 2.75) is 23.6 Å². The summed E-state index contributed by atoms with van der Waals surface area (Å²) >= 11 is 3.11. The maximum atomic E-state index is 12.2. The summed E-state index contributed by atoms with van der Waals surface area (Å²) in [6.07, 6.45) is 0. The highest BCUT2D eigenvalue weighted by molar-refractivity contribution is 7.87. The fraction of sp³-hybridized carbons (Fsp3) is 0.412. The predicted molar refractivity (Wildman–Crippen MR) is 191 cm³/mol. The molecule has 0 bridgehead atoms. The van der Waals surface area contributed by atoms with E-state index in [0.717, 1.165) is 32.4 Å². The standard InChI is InChI=1S/C34H42O12S4/c1-27-3-7-29(8-4-27)49(35,36)45-23-19-41-15-13-39-17-21-43-31-11-25-47-33(31)34-32(12-26-48-34)44-22-18-40-14-16-42-20-24-46-50(37,38)30-9-5-28(2)6-10-30/h3-12,25-26H,13-24H2,1-2H3. The minimum Gasteiger partial charge on any atom is -0.490 e. The van der Waals surface area contributed by atoms with Crippen molar-refractivity contribution in [2.24, 2.45) is 0 Å². The van der Waals surface area contributed by atoms with Gasteiger partial charge in [0.25, 0.3) is 20.2 Å². The van der Waals surface area contributed by atoms with Gasteiger partial charge in [-0.25, -0.2) is 0 Å². The number of hydrogen-bond acceptors (Lipinski definition) is 14. The summed E-state index contributed by atoms with van der Waals surface area (Å²) in [6, 6.07) is 16.7. The van der Waals surface area contributed by atoms with E-state index in [9.17, 15) is 16.8 Å². The van der Waals surface area contributed by atoms with Crippen LogP contribution in [0.1, 0.15) is 11.1 Å². The molecule has 2 aromatic heterocycles. The van der Waals surface area contributed by atoms with Crippen LogP contribution in [0.3, 0.4) is 0 Å². The molecular weight excluding hydrogens is 729 g/mol. The zero-order valence-electron chi connectivity index (χ0n) is 27.9. The van der Waals surface area contributed by atoms with Crippen molar-refractivity contribution in [3.63, 3.8) is 0 Å². The molecule has 0 saturated carbocycles. The molecule has 12 nitrogen and oxygen atoms in total. The van der Waals surface area contributed by atoms with Gasteiger partial charge in [0.1, 0.15) is 24.7 Å². The quantitative estimate of drug-likeness (QED) is 0.0601. The summed E-state index contributed by atoms with van der Waals surface area (Å²) in [6.45, 7) is 6.47. The molecule has 0 aliphatic rings. The molecule has 50 heavy (non-hydrogen) atoms. The van der Waals surface area contributed by atoms with Gasteiger partial charge in [0.15, 0.2) is 0 Å². The van der Waals surface area contributed by atoms with Crippen molar-refractivity contribution >= 4 is 42.9 Å². The lowest BCUT2D eigenvalue weighted by molar-refractivity contribution is 0.0279. The van der Waals surface area contributed by atoms with E-state index in [2.05, 4.69) is 0 Å². The smallest absolute Gasteiger partial charge is 0.297 e. The molecule has 0 N–H and O–H groups in total. The Bertz CT molecular complexity index is 1640. The lowest BCUT2D eigenvalue weighted by Crippen LogP contribution is -2.15. The second-order valence-electron chi connectivity index (χ2n) is 10.6. The normalized spacial score (nSPS) is 12.0. The average molecular weight is 771 g/mol. The maximum Gasteiger partial charge on any atom is 0.297 e. The van der Waals surface area contributed by atoms with Crippen LogP contribution in [-0.2, 0) is 47.5 Å². The third kappa shape index (κ3) is 13.3. The second kappa shape index (κ2) is 20.8. The summed E-state index contributed by atoms with van der Waals surface area (Å²) < 4.78 is 92.7. The van der Waals surface area contributed by atoms with E-state index >= 15 is 0 Å². The first-order valence-electron chi connectivity index (χ1n) is 15.8. The van der Waals surface area contributed by atoms with Crippen molar-refractivity contribution in [3.05, 3.63) is 82.6 Å². The summed E-state index contributed by atoms with van der Waals surface area (Å²) in [5.41, 5.74) is 1.93. The van der Waals surface area contributed by atoms with Crippen LogP contribution >= 0.6 is 22.7 Å². The molecule has 0 unspecified atom stereocenters. The monoisotopic (exact) mass is 770 g/mol. The van der Waals surface area contributed by atoms with E-state index in [-0.39, 0.29) is 36.2 Å². The van der Waals surface area contributed by atoms with Crippen molar-refractivity contribution < 1.29 is 53.6 Å². The van der Waals surface area contributed by atoms with Crippen LogP contribution in [0.25, 0.3) is 9.75 Å². The van der Waals surface area contributed by atoms with Crippen LogP contribution in [-0.4, -0.2) is 96.1 Å². The van der Waals surface area contributed by atoms with Gasteiger partial charge in [-0.3, -0.25) is 8.37 Å². The Kier molecular flexibility index (Phi) is 16.6. The highest BCUT2D eigenvalue weighted by atomic mass is 32.2. The van der Waals surface area contributed by atoms with E-state index in [1.54, 1.807) is 46.9 Å². The topological polar surface area (TPSA) is 142 Å². The predicted octanol–water partition coefficient (Wildman–Crippen LogP) is 5.73. The Morgan fingerprint density at radius 3 is 1.12 bits per heavy atom. The van der Waals surface area contributed by atoms with E-state index in [0.29, 0.717) is 52.9 Å². The summed E-state index contributed by atoms with van der Waals surface area (Å²) in [5.74, 6) is 1.47. The van der Waals surface area contributed by atoms with Crippen molar-refractivity contribution in [1.29, 1.82) is 0 Å². The van der Waals surface area contributed by atoms with Crippen LogP contribution in [0.15, 0.2) is 81.2 Å². The number of rotatable bonds is 25. The molecule has 0 spiro atoms. The Hall–Kier alpha value is -2.90. The van der Waals surface area contributed by atoms with Crippen LogP contribution < -0.4 is 9.47 Å². The molecule has 0 fully saturated rings. The zero-order valence-corrected chi connectivity index (χ0v) is 31.2. The molecule has 0 aliphatic carbocycles. The fourth-order valence-electron chi connectivity index (χ4n) is 4.17. The van der Waals surface area contributed by atoms with Crippen molar-refractivity contribution in [1.82, 2.24) is 0 Å². The van der Waals surface area contributed by atoms with Crippen molar-refractivity contribution in [3.8, 4) is 21.3 Å². The summed E-state index contributed by atoms with van der Waals surface area (Å²) in [4.78, 5) is 2.15. The number of benzene rings is 2. The molecule has 2 aromatic carbocycles. The molecule has 0 radical (unpaired) electrons. The van der Waals surface area contributed by atoms with Gasteiger partial charge in [-0.15, -0.1) is 22.7 Å². The third-order valence-corrected chi connectivity index (χ3v) is 11.3. The maximum absolute atomic E-state index is 12.2. The molecule has 2 heterocycles. The number of hydrogen-bond donors (Lipinski definition) is 0. The minimum absolute atomic E-state index is 0.0832. The van der Waals surface area contributed by atoms with Gasteiger partial charge in [-0.05, 0) is 61.0 Å². The van der Waals surface area contributed by atoms with E-state index < -0.39 is 20.2 Å². The molecular formula is C34H42O12S4. The third-order valence-electron chi connectivity index (χ3n) is 6.73. The molecule has 4 rings (SSSR count). The molecule has 4 aromatic rings. The highest BCUT2D eigenvalue weighted by Gasteiger charge is 2.17. The largest absolute Gasteiger partial charge is 0.490 e. The van der Waals surface area contributed by atoms with Gasteiger partial charge < -0.3 is 28.4 Å². The summed E-state index contributed by atoms with van der Waals surface area (Å²) in [7, 11) is -7.62. The van der Waals surface area contributed by atoms with E-state index in [1.807, 2.05) is 36.7 Å². The SMILES string of the molecule is Cc1ccc(S(=O)(=O)OCCOCCOCCOc2ccsc2-c2sccc2OCCOCCOCCOS(=O)(=O)c2ccc(C)cc2)cc1. The Morgan fingerprint density at radius 1 is 0.440 bits per heavy atom. The van der Waals surface area contributed by atoms with Gasteiger partial charge in [-0.2, -0.15) is 16.8 Å². The van der Waals surface area contributed by atoms with E-state index in [1.165, 1.54) is 24.3 Å². The Morgan fingerprint density at radius 2 is 0.760 bits per heavy atom. The molecule has 0 saturated heterocycles. The molecule has 274 valence electrons. The second-order valence-corrected chi connectivity index (χ2v) is 15.6. The van der Waals surface area contributed by atoms with Crippen LogP contribution in [0, 0.1) is 13.8 Å². The lowest BCUT2D eigenvalue weighted by Gasteiger charge is -2.10. The first-order chi connectivity index (χ1) is 24.2. The number of thiophene rings is 2. The first kappa shape index (κ1) is 39.9. The summed E-state index contributed by atoms with van der Waals surface area (Å²) in [5, 5.41) is 3.91. The van der Waals surface area contributed by atoms with Gasteiger partial charge in [-0.1, -0.05) is 35.4 Å². The van der Waals surface area contributed by atoms with Gasteiger partial charge in [0.05, 0.1) is 85.6 Å². The van der Waals surface area contributed by atoms with Crippen LogP contribution in [0.4, 0.5) is 0 Å². The first-order valence-corrected chi connectivity index (χ1v) is 20.4. The van der Waals surface area contributed by atoms with Gasteiger partial charge in [0.2, 0.25) is 0 Å². The minimum atomic E-state index is -3.81. The molecule has 0 amide bonds. The molecule has 16 heteroatoms. The molecule has 0 atom stereocenters. The number of aryl methyl sites for hydroxylation is 2. The van der Waals surface area contributed by atoms with Crippen molar-refractivity contribution in [2.75, 3.05) is 79.3 Å². The zero-order chi connectivity index (χ0) is 35.7. The Balaban J connectivity index is 1.02. The number of ether oxygens (including phenoxy) is 6. The van der Waals surface area contributed by atoms with Crippen LogP contribution in [0.5, 0.6) is 11.5 Å². The van der Waals surface area contributed by atoms with Crippen LogP contribution in [0.2, 0.25) is 0 Å². The highest BCUT2D eigenvalue weighted by Crippen LogP contribution is 2.44. The Labute approximate surface area is 302 Å². The fourth-order valence-corrected chi connectivity index (χ4v) is 7.80.